The van der Waals surface area contributed by atoms with Crippen LogP contribution < -0.4 is 11.1 Å². The Bertz CT molecular complexity index is 274. The number of hydrogen-bond acceptors (Lipinski definition) is 4. The molecular formula is C11H18N2O2. The Labute approximate surface area is 89.8 Å². The molecule has 0 aliphatic carbocycles. The summed E-state index contributed by atoms with van der Waals surface area (Å²) in [6.07, 6.45) is 2.63. The lowest BCUT2D eigenvalue weighted by Gasteiger charge is -2.13. The van der Waals surface area contributed by atoms with Crippen molar-refractivity contribution in [3.63, 3.8) is 0 Å². The Hall–Kier alpha value is -0.840. The zero-order chi connectivity index (χ0) is 10.5. The van der Waals surface area contributed by atoms with Gasteiger partial charge < -0.3 is 20.2 Å². The van der Waals surface area contributed by atoms with Gasteiger partial charge in [0.15, 0.2) is 0 Å². The molecule has 0 spiro atoms. The van der Waals surface area contributed by atoms with Gasteiger partial charge >= 0.3 is 0 Å². The highest BCUT2D eigenvalue weighted by atomic mass is 16.5. The Morgan fingerprint density at radius 3 is 3.07 bits per heavy atom. The highest BCUT2D eigenvalue weighted by Crippen LogP contribution is 2.09. The molecule has 3 N–H and O–H groups in total. The topological polar surface area (TPSA) is 60.4 Å². The van der Waals surface area contributed by atoms with Gasteiger partial charge in [0.2, 0.25) is 0 Å². The van der Waals surface area contributed by atoms with E-state index < -0.39 is 0 Å². The van der Waals surface area contributed by atoms with Crippen molar-refractivity contribution in [2.24, 2.45) is 11.7 Å². The van der Waals surface area contributed by atoms with E-state index in [1.807, 2.05) is 12.1 Å². The van der Waals surface area contributed by atoms with Gasteiger partial charge in [-0.15, -0.1) is 0 Å². The molecule has 1 aliphatic rings. The predicted octanol–water partition coefficient (Wildman–Crippen LogP) is 0.385. The Balaban J connectivity index is 1.59. The third kappa shape index (κ3) is 3.06. The van der Waals surface area contributed by atoms with Gasteiger partial charge in [0.05, 0.1) is 19.5 Å². The Morgan fingerprint density at radius 1 is 1.47 bits per heavy atom. The minimum atomic E-state index is 0.195. The molecule has 1 aromatic rings. The highest BCUT2D eigenvalue weighted by Gasteiger charge is 2.23. The number of hydrogen-bond donors (Lipinski definition) is 2. The second-order valence-electron chi connectivity index (χ2n) is 3.99. The van der Waals surface area contributed by atoms with E-state index in [2.05, 4.69) is 5.32 Å². The van der Waals surface area contributed by atoms with E-state index in [0.29, 0.717) is 12.5 Å². The van der Waals surface area contributed by atoms with Crippen LogP contribution >= 0.6 is 0 Å². The van der Waals surface area contributed by atoms with Crippen LogP contribution in [0.15, 0.2) is 22.8 Å². The molecule has 0 aromatic carbocycles. The highest BCUT2D eigenvalue weighted by molar-refractivity contribution is 4.98. The summed E-state index contributed by atoms with van der Waals surface area (Å²) in [5.41, 5.74) is 5.87. The molecule has 1 saturated heterocycles. The fourth-order valence-electron chi connectivity index (χ4n) is 1.78. The average Bonchev–Trinajstić information content (AvgIpc) is 2.85. The molecule has 2 atom stereocenters. The minimum absolute atomic E-state index is 0.195. The first-order chi connectivity index (χ1) is 7.36. The largest absolute Gasteiger partial charge is 0.469 e. The third-order valence-corrected chi connectivity index (χ3v) is 2.78. The number of nitrogens with two attached hydrogens (primary N) is 1. The number of rotatable bonds is 5. The molecule has 84 valence electrons. The lowest BCUT2D eigenvalue weighted by Crippen LogP contribution is -2.36. The Kier molecular flexibility index (Phi) is 3.77. The van der Waals surface area contributed by atoms with Crippen LogP contribution in [0.3, 0.4) is 0 Å². The first-order valence-electron chi connectivity index (χ1n) is 5.42. The fourth-order valence-corrected chi connectivity index (χ4v) is 1.78. The van der Waals surface area contributed by atoms with E-state index in [1.54, 1.807) is 6.26 Å². The molecule has 0 saturated carbocycles. The van der Waals surface area contributed by atoms with Gasteiger partial charge in [-0.2, -0.15) is 0 Å². The van der Waals surface area contributed by atoms with E-state index in [0.717, 1.165) is 31.9 Å². The first kappa shape index (κ1) is 10.7. The summed E-state index contributed by atoms with van der Waals surface area (Å²) in [6, 6.07) is 4.10. The van der Waals surface area contributed by atoms with Crippen molar-refractivity contribution in [3.05, 3.63) is 24.2 Å². The maximum Gasteiger partial charge on any atom is 0.105 e. The second kappa shape index (κ2) is 5.30. The molecule has 0 bridgehead atoms. The van der Waals surface area contributed by atoms with Crippen LogP contribution in [0.4, 0.5) is 0 Å². The van der Waals surface area contributed by atoms with Crippen LogP contribution in [0.5, 0.6) is 0 Å². The van der Waals surface area contributed by atoms with Gasteiger partial charge in [-0.25, -0.2) is 0 Å². The maximum absolute atomic E-state index is 5.87. The van der Waals surface area contributed by atoms with Crippen LogP contribution in [-0.4, -0.2) is 32.3 Å². The Morgan fingerprint density at radius 2 is 2.40 bits per heavy atom. The van der Waals surface area contributed by atoms with Crippen LogP contribution in [0.1, 0.15) is 5.76 Å². The van der Waals surface area contributed by atoms with Gasteiger partial charge in [0, 0.05) is 31.5 Å². The zero-order valence-electron chi connectivity index (χ0n) is 8.82. The second-order valence-corrected chi connectivity index (χ2v) is 3.99. The van der Waals surface area contributed by atoms with Crippen LogP contribution in [0.2, 0.25) is 0 Å². The monoisotopic (exact) mass is 210 g/mol. The van der Waals surface area contributed by atoms with Crippen molar-refractivity contribution in [1.29, 1.82) is 0 Å². The molecule has 0 radical (unpaired) electrons. The van der Waals surface area contributed by atoms with Crippen LogP contribution in [0.25, 0.3) is 0 Å². The van der Waals surface area contributed by atoms with E-state index in [1.165, 1.54) is 0 Å². The van der Waals surface area contributed by atoms with Gasteiger partial charge in [0.25, 0.3) is 0 Å². The molecule has 2 rings (SSSR count). The van der Waals surface area contributed by atoms with Gasteiger partial charge in [-0.1, -0.05) is 0 Å². The van der Waals surface area contributed by atoms with E-state index in [4.69, 9.17) is 14.9 Å². The smallest absolute Gasteiger partial charge is 0.105 e. The van der Waals surface area contributed by atoms with Gasteiger partial charge in [-0.05, 0) is 12.1 Å². The molecule has 1 aromatic heterocycles. The van der Waals surface area contributed by atoms with Crippen LogP contribution in [-0.2, 0) is 11.2 Å². The quantitative estimate of drug-likeness (QED) is 0.690. The number of ether oxygens (including phenoxy) is 1. The summed E-state index contributed by atoms with van der Waals surface area (Å²) >= 11 is 0. The summed E-state index contributed by atoms with van der Waals surface area (Å²) in [5, 5.41) is 3.38. The summed E-state index contributed by atoms with van der Waals surface area (Å²) in [4.78, 5) is 0. The summed E-state index contributed by atoms with van der Waals surface area (Å²) in [5.74, 6) is 1.48. The molecule has 2 unspecified atom stereocenters. The molecule has 1 aliphatic heterocycles. The van der Waals surface area contributed by atoms with Crippen molar-refractivity contribution in [3.8, 4) is 0 Å². The molecule has 1 fully saturated rings. The van der Waals surface area contributed by atoms with Gasteiger partial charge in [0.1, 0.15) is 5.76 Å². The summed E-state index contributed by atoms with van der Waals surface area (Å²) in [6.45, 7) is 3.35. The van der Waals surface area contributed by atoms with E-state index >= 15 is 0 Å². The standard InChI is InChI=1S/C11H18N2O2/c12-11-8-14-7-9(11)6-13-4-3-10-2-1-5-15-10/h1-2,5,9,11,13H,3-4,6-8,12H2. The minimum Gasteiger partial charge on any atom is -0.469 e. The average molecular weight is 210 g/mol. The SMILES string of the molecule is NC1COCC1CNCCc1ccco1. The predicted molar refractivity (Wildman–Crippen MR) is 57.6 cm³/mol. The summed E-state index contributed by atoms with van der Waals surface area (Å²) in [7, 11) is 0. The van der Waals surface area contributed by atoms with Crippen molar-refractivity contribution in [2.75, 3.05) is 26.3 Å². The van der Waals surface area contributed by atoms with E-state index in [-0.39, 0.29) is 6.04 Å². The van der Waals surface area contributed by atoms with E-state index in [9.17, 15) is 0 Å². The third-order valence-electron chi connectivity index (χ3n) is 2.78. The lowest BCUT2D eigenvalue weighted by atomic mass is 10.1. The van der Waals surface area contributed by atoms with Crippen molar-refractivity contribution >= 4 is 0 Å². The molecule has 15 heavy (non-hydrogen) atoms. The lowest BCUT2D eigenvalue weighted by molar-refractivity contribution is 0.184. The van der Waals surface area contributed by atoms with Gasteiger partial charge in [-0.3, -0.25) is 0 Å². The van der Waals surface area contributed by atoms with Crippen molar-refractivity contribution in [1.82, 2.24) is 5.32 Å². The maximum atomic E-state index is 5.87. The van der Waals surface area contributed by atoms with Crippen LogP contribution in [0, 0.1) is 5.92 Å². The summed E-state index contributed by atoms with van der Waals surface area (Å²) < 4.78 is 10.5. The molecule has 4 heteroatoms. The van der Waals surface area contributed by atoms with Crippen molar-refractivity contribution < 1.29 is 9.15 Å². The zero-order valence-corrected chi connectivity index (χ0v) is 8.82. The first-order valence-corrected chi connectivity index (χ1v) is 5.42. The fraction of sp³-hybridized carbons (Fsp3) is 0.636. The molecule has 2 heterocycles. The molecular weight excluding hydrogens is 192 g/mol. The molecule has 0 amide bonds. The molecule has 4 nitrogen and oxygen atoms in total. The number of furan rings is 1. The number of nitrogens with one attached hydrogen (secondary N) is 1. The normalized spacial score (nSPS) is 25.9. The van der Waals surface area contributed by atoms with Crippen molar-refractivity contribution in [2.45, 2.75) is 12.5 Å².